The summed E-state index contributed by atoms with van der Waals surface area (Å²) in [4.78, 5) is 0. The number of hydrogen-bond acceptors (Lipinski definition) is 3. The quantitative estimate of drug-likeness (QED) is 0.504. The molecule has 3 nitrogen and oxygen atoms in total. The van der Waals surface area contributed by atoms with E-state index in [-0.39, 0.29) is 5.92 Å². The van der Waals surface area contributed by atoms with E-state index in [9.17, 15) is 5.11 Å². The van der Waals surface area contributed by atoms with Crippen molar-refractivity contribution in [3.05, 3.63) is 0 Å². The fourth-order valence-electron chi connectivity index (χ4n) is 1.75. The van der Waals surface area contributed by atoms with Gasteiger partial charge in [0, 0.05) is 0 Å². The van der Waals surface area contributed by atoms with Crippen LogP contribution in [0.1, 0.15) is 32.1 Å². The third-order valence-electron chi connectivity index (χ3n) is 2.48. The van der Waals surface area contributed by atoms with Crippen LogP contribution in [0.2, 0.25) is 0 Å². The normalized spacial score (nSPS) is 26.5. The molecule has 0 saturated heterocycles. The van der Waals surface area contributed by atoms with Gasteiger partial charge in [-0.15, -0.1) is 0 Å². The Balaban J connectivity index is 2.32. The van der Waals surface area contributed by atoms with Gasteiger partial charge in [0.1, 0.15) is 6.23 Å². The Morgan fingerprint density at radius 1 is 1.09 bits per heavy atom. The van der Waals surface area contributed by atoms with Crippen molar-refractivity contribution in [2.75, 3.05) is 0 Å². The summed E-state index contributed by atoms with van der Waals surface area (Å²) in [5.41, 5.74) is 5.17. The molecule has 0 aromatic carbocycles. The molecule has 0 heterocycles. The largest absolute Gasteiger partial charge is 0.389 e. The monoisotopic (exact) mass is 159 g/mol. The van der Waals surface area contributed by atoms with Crippen molar-refractivity contribution in [1.82, 2.24) is 0 Å². The fourth-order valence-corrected chi connectivity index (χ4v) is 1.75. The van der Waals surface area contributed by atoms with Gasteiger partial charge in [0.25, 0.3) is 0 Å². The zero-order chi connectivity index (χ0) is 8.27. The van der Waals surface area contributed by atoms with Gasteiger partial charge < -0.3 is 15.9 Å². The van der Waals surface area contributed by atoms with Crippen LogP contribution in [-0.4, -0.2) is 22.5 Å². The van der Waals surface area contributed by atoms with Gasteiger partial charge in [-0.05, 0) is 18.8 Å². The van der Waals surface area contributed by atoms with E-state index in [1.165, 1.54) is 6.42 Å². The minimum atomic E-state index is -1.06. The summed E-state index contributed by atoms with van der Waals surface area (Å²) >= 11 is 0. The summed E-state index contributed by atoms with van der Waals surface area (Å²) in [5, 5.41) is 18.3. The van der Waals surface area contributed by atoms with Crippen molar-refractivity contribution in [2.24, 2.45) is 11.7 Å². The van der Waals surface area contributed by atoms with Crippen molar-refractivity contribution < 1.29 is 10.2 Å². The first-order valence-electron chi connectivity index (χ1n) is 4.33. The Morgan fingerprint density at radius 2 is 1.64 bits per heavy atom. The van der Waals surface area contributed by atoms with E-state index in [4.69, 9.17) is 10.8 Å². The van der Waals surface area contributed by atoms with E-state index in [1.54, 1.807) is 0 Å². The first-order chi connectivity index (χ1) is 5.22. The molecule has 1 fully saturated rings. The van der Waals surface area contributed by atoms with Crippen LogP contribution in [-0.2, 0) is 0 Å². The van der Waals surface area contributed by atoms with Crippen molar-refractivity contribution in [3.63, 3.8) is 0 Å². The zero-order valence-electron chi connectivity index (χ0n) is 6.74. The Morgan fingerprint density at radius 3 is 2.09 bits per heavy atom. The Kier molecular flexibility index (Phi) is 3.30. The molecule has 1 aliphatic rings. The first kappa shape index (κ1) is 8.97. The van der Waals surface area contributed by atoms with Gasteiger partial charge in [0.05, 0.1) is 6.10 Å². The smallest absolute Gasteiger partial charge is 0.128 e. The molecule has 11 heavy (non-hydrogen) atoms. The average Bonchev–Trinajstić information content (AvgIpc) is 2.05. The summed E-state index contributed by atoms with van der Waals surface area (Å²) in [5.74, 6) is 0.226. The topological polar surface area (TPSA) is 66.5 Å². The van der Waals surface area contributed by atoms with Crippen LogP contribution in [0.4, 0.5) is 0 Å². The molecule has 66 valence electrons. The lowest BCUT2D eigenvalue weighted by Gasteiger charge is -2.27. The van der Waals surface area contributed by atoms with Crippen molar-refractivity contribution in [2.45, 2.75) is 44.4 Å². The van der Waals surface area contributed by atoms with E-state index in [1.807, 2.05) is 0 Å². The predicted molar refractivity (Wildman–Crippen MR) is 42.8 cm³/mol. The molecule has 2 atom stereocenters. The summed E-state index contributed by atoms with van der Waals surface area (Å²) in [6, 6.07) is 0. The molecular formula is C8H17NO2. The van der Waals surface area contributed by atoms with E-state index in [0.717, 1.165) is 25.7 Å². The van der Waals surface area contributed by atoms with Crippen LogP contribution in [0.25, 0.3) is 0 Å². The third-order valence-corrected chi connectivity index (χ3v) is 2.48. The number of aliphatic hydroxyl groups excluding tert-OH is 2. The molecule has 3 heteroatoms. The average molecular weight is 159 g/mol. The third kappa shape index (κ3) is 2.43. The highest BCUT2D eigenvalue weighted by Gasteiger charge is 2.25. The van der Waals surface area contributed by atoms with E-state index in [0.29, 0.717) is 0 Å². The maximum Gasteiger partial charge on any atom is 0.128 e. The van der Waals surface area contributed by atoms with Crippen LogP contribution in [0.15, 0.2) is 0 Å². The van der Waals surface area contributed by atoms with Crippen LogP contribution in [0.5, 0.6) is 0 Å². The van der Waals surface area contributed by atoms with Gasteiger partial charge in [0.2, 0.25) is 0 Å². The van der Waals surface area contributed by atoms with Crippen molar-refractivity contribution in [1.29, 1.82) is 0 Å². The minimum absolute atomic E-state index is 0.226. The number of hydrogen-bond donors (Lipinski definition) is 3. The van der Waals surface area contributed by atoms with Crippen molar-refractivity contribution >= 4 is 0 Å². The van der Waals surface area contributed by atoms with Gasteiger partial charge in [-0.3, -0.25) is 0 Å². The molecule has 1 saturated carbocycles. The Bertz CT molecular complexity index is 111. The summed E-state index contributed by atoms with van der Waals surface area (Å²) in [6.07, 6.45) is 3.82. The van der Waals surface area contributed by atoms with Gasteiger partial charge in [0.15, 0.2) is 0 Å². The van der Waals surface area contributed by atoms with Crippen molar-refractivity contribution in [3.8, 4) is 0 Å². The van der Waals surface area contributed by atoms with E-state index < -0.39 is 12.3 Å². The second kappa shape index (κ2) is 4.04. The molecular weight excluding hydrogens is 142 g/mol. The molecule has 0 aromatic heterocycles. The summed E-state index contributed by atoms with van der Waals surface area (Å²) in [6.45, 7) is 0. The lowest BCUT2D eigenvalue weighted by Crippen LogP contribution is -2.40. The Hall–Kier alpha value is -0.120. The maximum absolute atomic E-state index is 9.38. The predicted octanol–water partition coefficient (Wildman–Crippen LogP) is 0.205. The molecule has 1 aliphatic carbocycles. The molecule has 1 rings (SSSR count). The number of rotatable bonds is 2. The second-order valence-corrected chi connectivity index (χ2v) is 3.38. The molecule has 0 aromatic rings. The summed E-state index contributed by atoms with van der Waals surface area (Å²) in [7, 11) is 0. The second-order valence-electron chi connectivity index (χ2n) is 3.38. The highest BCUT2D eigenvalue weighted by molar-refractivity contribution is 4.75. The number of aliphatic hydroxyl groups is 2. The van der Waals surface area contributed by atoms with Crippen LogP contribution in [0.3, 0.4) is 0 Å². The lowest BCUT2D eigenvalue weighted by molar-refractivity contribution is -0.0235. The SMILES string of the molecule is NC(O)C(O)C1CCCCC1. The van der Waals surface area contributed by atoms with Crippen LogP contribution in [0, 0.1) is 5.92 Å². The summed E-state index contributed by atoms with van der Waals surface area (Å²) < 4.78 is 0. The van der Waals surface area contributed by atoms with Crippen LogP contribution < -0.4 is 5.73 Å². The van der Waals surface area contributed by atoms with E-state index >= 15 is 0 Å². The molecule has 0 radical (unpaired) electrons. The molecule has 0 spiro atoms. The highest BCUT2D eigenvalue weighted by atomic mass is 16.3. The molecule has 2 unspecified atom stereocenters. The lowest BCUT2D eigenvalue weighted by atomic mass is 9.85. The highest BCUT2D eigenvalue weighted by Crippen LogP contribution is 2.26. The first-order valence-corrected chi connectivity index (χ1v) is 4.33. The minimum Gasteiger partial charge on any atom is -0.389 e. The maximum atomic E-state index is 9.38. The molecule has 4 N–H and O–H groups in total. The Labute approximate surface area is 67.2 Å². The van der Waals surface area contributed by atoms with Gasteiger partial charge in [-0.25, -0.2) is 0 Å². The molecule has 0 aliphatic heterocycles. The van der Waals surface area contributed by atoms with Gasteiger partial charge >= 0.3 is 0 Å². The zero-order valence-corrected chi connectivity index (χ0v) is 6.74. The van der Waals surface area contributed by atoms with E-state index in [2.05, 4.69) is 0 Å². The number of nitrogens with two attached hydrogens (primary N) is 1. The van der Waals surface area contributed by atoms with Gasteiger partial charge in [-0.1, -0.05) is 19.3 Å². The van der Waals surface area contributed by atoms with Crippen LogP contribution >= 0.6 is 0 Å². The fraction of sp³-hybridized carbons (Fsp3) is 1.00. The standard InChI is InChI=1S/C8H17NO2/c9-8(11)7(10)6-4-2-1-3-5-6/h6-8,10-11H,1-5,9H2. The molecule has 0 amide bonds. The van der Waals surface area contributed by atoms with Gasteiger partial charge in [-0.2, -0.15) is 0 Å². The molecule has 0 bridgehead atoms.